The summed E-state index contributed by atoms with van der Waals surface area (Å²) in [6.45, 7) is -0.506. The van der Waals surface area contributed by atoms with E-state index in [0.717, 1.165) is 4.90 Å². The van der Waals surface area contributed by atoms with Crippen molar-refractivity contribution in [3.05, 3.63) is 28.2 Å². The molecule has 0 aromatic heterocycles. The molecule has 1 N–H and O–H groups in total. The Morgan fingerprint density at radius 2 is 2.06 bits per heavy atom. The number of fused-ring (bicyclic) bond motifs is 1. The Hall–Kier alpha value is -1.69. The van der Waals surface area contributed by atoms with Crippen molar-refractivity contribution in [3.8, 4) is 0 Å². The summed E-state index contributed by atoms with van der Waals surface area (Å²) in [5.74, 6) is -2.62. The number of ketones is 1. The van der Waals surface area contributed by atoms with Gasteiger partial charge >= 0.3 is 5.97 Å². The summed E-state index contributed by atoms with van der Waals surface area (Å²) >= 11 is 3.20. The Kier molecular flexibility index (Phi) is 2.51. The van der Waals surface area contributed by atoms with Crippen LogP contribution in [-0.2, 0) is 9.59 Å². The van der Waals surface area contributed by atoms with E-state index in [1.54, 1.807) is 12.1 Å². The molecule has 0 aliphatic carbocycles. The zero-order chi connectivity index (χ0) is 11.9. The Bertz CT molecular complexity index is 512. The van der Waals surface area contributed by atoms with Crippen LogP contribution in [0.15, 0.2) is 22.7 Å². The molecular formula is C10H6BrNO4. The van der Waals surface area contributed by atoms with Crippen molar-refractivity contribution in [3.63, 3.8) is 0 Å². The number of halogens is 1. The molecule has 1 aliphatic heterocycles. The second kappa shape index (κ2) is 3.71. The molecule has 6 heteroatoms. The molecule has 0 fully saturated rings. The lowest BCUT2D eigenvalue weighted by Crippen LogP contribution is -2.34. The highest BCUT2D eigenvalue weighted by molar-refractivity contribution is 9.10. The minimum absolute atomic E-state index is 0.245. The normalized spacial score (nSPS) is 14.2. The molecule has 5 nitrogen and oxygen atoms in total. The van der Waals surface area contributed by atoms with E-state index in [4.69, 9.17) is 5.11 Å². The smallest absolute Gasteiger partial charge is 0.323 e. The molecular weight excluding hydrogens is 278 g/mol. The number of carboxylic acids is 1. The number of carbonyl (C=O) groups is 3. The van der Waals surface area contributed by atoms with E-state index in [9.17, 15) is 14.4 Å². The maximum atomic E-state index is 11.5. The van der Waals surface area contributed by atoms with Crippen LogP contribution in [0.4, 0.5) is 5.69 Å². The topological polar surface area (TPSA) is 74.7 Å². The molecule has 1 aromatic carbocycles. The molecule has 2 rings (SSSR count). The van der Waals surface area contributed by atoms with Crippen molar-refractivity contribution in [1.82, 2.24) is 0 Å². The number of amides is 1. The van der Waals surface area contributed by atoms with Gasteiger partial charge in [-0.3, -0.25) is 19.3 Å². The molecule has 0 atom stereocenters. The standard InChI is InChI=1S/C10H6BrNO4/c11-5-1-2-6-7(3-5)12(4-8(13)14)10(16)9(6)15/h1-3H,4H2,(H,13,14). The molecule has 0 radical (unpaired) electrons. The third kappa shape index (κ3) is 1.61. The van der Waals surface area contributed by atoms with Gasteiger partial charge in [0.15, 0.2) is 0 Å². The van der Waals surface area contributed by atoms with Gasteiger partial charge in [0, 0.05) is 4.47 Å². The first kappa shape index (κ1) is 10.8. The molecule has 1 aromatic rings. The molecule has 1 heterocycles. The van der Waals surface area contributed by atoms with Crippen LogP contribution < -0.4 is 4.90 Å². The van der Waals surface area contributed by atoms with E-state index in [2.05, 4.69) is 15.9 Å². The highest BCUT2D eigenvalue weighted by atomic mass is 79.9. The average molecular weight is 284 g/mol. The molecule has 1 amide bonds. The fourth-order valence-electron chi connectivity index (χ4n) is 1.56. The van der Waals surface area contributed by atoms with E-state index in [0.29, 0.717) is 10.2 Å². The number of hydrogen-bond acceptors (Lipinski definition) is 3. The van der Waals surface area contributed by atoms with Gasteiger partial charge in [-0.15, -0.1) is 0 Å². The number of hydrogen-bond donors (Lipinski definition) is 1. The Balaban J connectivity index is 2.51. The molecule has 1 aliphatic rings. The van der Waals surface area contributed by atoms with E-state index < -0.39 is 24.2 Å². The van der Waals surface area contributed by atoms with Gasteiger partial charge in [-0.2, -0.15) is 0 Å². The third-order valence-electron chi connectivity index (χ3n) is 2.23. The Labute approximate surface area is 98.8 Å². The lowest BCUT2D eigenvalue weighted by atomic mass is 10.1. The number of rotatable bonds is 2. The van der Waals surface area contributed by atoms with Crippen molar-refractivity contribution < 1.29 is 19.5 Å². The maximum Gasteiger partial charge on any atom is 0.323 e. The van der Waals surface area contributed by atoms with Gasteiger partial charge in [0.1, 0.15) is 6.54 Å². The van der Waals surface area contributed by atoms with Crippen LogP contribution in [0.3, 0.4) is 0 Å². The lowest BCUT2D eigenvalue weighted by molar-refractivity contribution is -0.136. The number of carbonyl (C=O) groups excluding carboxylic acids is 2. The summed E-state index contributed by atoms with van der Waals surface area (Å²) in [6, 6.07) is 4.69. The molecule has 82 valence electrons. The van der Waals surface area contributed by atoms with Gasteiger partial charge in [-0.1, -0.05) is 15.9 Å². The van der Waals surface area contributed by atoms with Crippen LogP contribution in [0.25, 0.3) is 0 Å². The van der Waals surface area contributed by atoms with Crippen LogP contribution in [0.1, 0.15) is 10.4 Å². The first-order valence-corrected chi connectivity index (χ1v) is 5.17. The predicted molar refractivity (Wildman–Crippen MR) is 58.5 cm³/mol. The largest absolute Gasteiger partial charge is 0.480 e. The van der Waals surface area contributed by atoms with Crippen molar-refractivity contribution in [2.75, 3.05) is 11.4 Å². The van der Waals surface area contributed by atoms with Crippen LogP contribution in [0.5, 0.6) is 0 Å². The summed E-state index contributed by atoms with van der Waals surface area (Å²) < 4.78 is 0.684. The van der Waals surface area contributed by atoms with Crippen LogP contribution >= 0.6 is 15.9 Å². The first-order chi connectivity index (χ1) is 7.50. The minimum Gasteiger partial charge on any atom is -0.480 e. The minimum atomic E-state index is -1.16. The summed E-state index contributed by atoms with van der Waals surface area (Å²) in [5, 5.41) is 8.66. The van der Waals surface area contributed by atoms with Gasteiger partial charge in [0.25, 0.3) is 11.7 Å². The Morgan fingerprint density at radius 1 is 1.38 bits per heavy atom. The quantitative estimate of drug-likeness (QED) is 0.824. The van der Waals surface area contributed by atoms with Crippen LogP contribution in [0, 0.1) is 0 Å². The summed E-state index contributed by atoms with van der Waals surface area (Å²) in [4.78, 5) is 34.6. The highest BCUT2D eigenvalue weighted by Gasteiger charge is 2.36. The second-order valence-electron chi connectivity index (χ2n) is 3.28. The number of Topliss-reactive ketones (excluding diaryl/α,β-unsaturated/α-hetero) is 1. The monoisotopic (exact) mass is 283 g/mol. The van der Waals surface area contributed by atoms with Gasteiger partial charge in [-0.25, -0.2) is 0 Å². The SMILES string of the molecule is O=C(O)CN1C(=O)C(=O)c2ccc(Br)cc21. The van der Waals surface area contributed by atoms with Crippen molar-refractivity contribution in [2.45, 2.75) is 0 Å². The zero-order valence-corrected chi connectivity index (χ0v) is 9.52. The van der Waals surface area contributed by atoms with E-state index in [1.807, 2.05) is 0 Å². The fraction of sp³-hybridized carbons (Fsp3) is 0.100. The molecule has 0 bridgehead atoms. The average Bonchev–Trinajstić information content (AvgIpc) is 2.43. The van der Waals surface area contributed by atoms with Gasteiger partial charge in [0.2, 0.25) is 0 Å². The van der Waals surface area contributed by atoms with E-state index in [-0.39, 0.29) is 5.56 Å². The first-order valence-electron chi connectivity index (χ1n) is 4.38. The fourth-order valence-corrected chi connectivity index (χ4v) is 1.91. The van der Waals surface area contributed by atoms with Gasteiger partial charge in [0.05, 0.1) is 11.3 Å². The predicted octanol–water partition coefficient (Wildman–Crippen LogP) is 1.06. The maximum absolute atomic E-state index is 11.5. The molecule has 0 saturated heterocycles. The van der Waals surface area contributed by atoms with Crippen molar-refractivity contribution in [2.24, 2.45) is 0 Å². The third-order valence-corrected chi connectivity index (χ3v) is 2.72. The van der Waals surface area contributed by atoms with E-state index >= 15 is 0 Å². The summed E-state index contributed by atoms with van der Waals surface area (Å²) in [7, 11) is 0. The van der Waals surface area contributed by atoms with Gasteiger partial charge in [-0.05, 0) is 18.2 Å². The summed E-state index contributed by atoms with van der Waals surface area (Å²) in [6.07, 6.45) is 0. The van der Waals surface area contributed by atoms with Gasteiger partial charge < -0.3 is 5.11 Å². The molecule has 16 heavy (non-hydrogen) atoms. The van der Waals surface area contributed by atoms with Crippen LogP contribution in [0.2, 0.25) is 0 Å². The molecule has 0 spiro atoms. The van der Waals surface area contributed by atoms with Crippen molar-refractivity contribution >= 4 is 39.3 Å². The zero-order valence-electron chi connectivity index (χ0n) is 7.94. The highest BCUT2D eigenvalue weighted by Crippen LogP contribution is 2.31. The lowest BCUT2D eigenvalue weighted by Gasteiger charge is -2.13. The summed E-state index contributed by atoms with van der Waals surface area (Å²) in [5.41, 5.74) is 0.584. The molecule has 0 saturated carbocycles. The number of nitrogens with zero attached hydrogens (tertiary/aromatic N) is 1. The van der Waals surface area contributed by atoms with Crippen molar-refractivity contribution in [1.29, 1.82) is 0 Å². The number of aliphatic carboxylic acids is 1. The van der Waals surface area contributed by atoms with Crippen LogP contribution in [-0.4, -0.2) is 29.3 Å². The Morgan fingerprint density at radius 3 is 2.69 bits per heavy atom. The van der Waals surface area contributed by atoms with E-state index in [1.165, 1.54) is 6.07 Å². The number of anilines is 1. The second-order valence-corrected chi connectivity index (χ2v) is 4.19. The number of carboxylic acid groups (broad SMARTS) is 1. The number of benzene rings is 1. The molecule has 0 unspecified atom stereocenters.